The van der Waals surface area contributed by atoms with Gasteiger partial charge in [0.05, 0.1) is 17.6 Å². The van der Waals surface area contributed by atoms with Crippen LogP contribution in [0.1, 0.15) is 30.0 Å². The van der Waals surface area contributed by atoms with Crippen LogP contribution in [0.3, 0.4) is 0 Å². The van der Waals surface area contributed by atoms with Crippen LogP contribution in [0.4, 0.5) is 4.39 Å². The minimum absolute atomic E-state index is 0.166. The number of nitrogens with zero attached hydrogens (tertiary/aromatic N) is 3. The van der Waals surface area contributed by atoms with E-state index in [2.05, 4.69) is 35.9 Å². The van der Waals surface area contributed by atoms with E-state index in [1.54, 1.807) is 22.9 Å². The molecule has 3 aromatic heterocycles. The van der Waals surface area contributed by atoms with Crippen molar-refractivity contribution < 1.29 is 9.13 Å². The molecule has 164 valence electrons. The van der Waals surface area contributed by atoms with E-state index in [1.807, 2.05) is 17.4 Å². The average molecular weight is 450 g/mol. The average Bonchev–Trinajstić information content (AvgIpc) is 3.15. The summed E-state index contributed by atoms with van der Waals surface area (Å²) in [6.45, 7) is 6.74. The topological polar surface area (TPSA) is 47.4 Å². The van der Waals surface area contributed by atoms with E-state index in [-0.39, 0.29) is 12.2 Å². The number of hydrogen-bond donors (Lipinski definition) is 0. The quantitative estimate of drug-likeness (QED) is 0.433. The number of ether oxygens (including phenoxy) is 1. The summed E-state index contributed by atoms with van der Waals surface area (Å²) in [5, 5.41) is 1.30. The zero-order valence-electron chi connectivity index (χ0n) is 18.0. The van der Waals surface area contributed by atoms with E-state index in [1.165, 1.54) is 32.7 Å². The number of fused-ring (bicyclic) bond motifs is 3. The Balaban J connectivity index is 1.38. The Bertz CT molecular complexity index is 1330. The monoisotopic (exact) mass is 449 g/mol. The molecule has 0 aliphatic carbocycles. The third-order valence-electron chi connectivity index (χ3n) is 5.93. The molecule has 7 heteroatoms. The lowest BCUT2D eigenvalue weighted by atomic mass is 10.0. The Morgan fingerprint density at radius 1 is 1.19 bits per heavy atom. The van der Waals surface area contributed by atoms with Crippen LogP contribution in [0.15, 0.2) is 59.7 Å². The fourth-order valence-electron chi connectivity index (χ4n) is 4.11. The van der Waals surface area contributed by atoms with Gasteiger partial charge in [0.15, 0.2) is 0 Å². The molecule has 1 aliphatic heterocycles. The molecule has 4 aromatic rings. The SMILES string of the molecule is CC(C)N1CCc2c(sc3cc(-n4ccc(OCc5ccc(F)cn5)cc4=O)ccc23)C1. The highest BCUT2D eigenvalue weighted by Gasteiger charge is 2.22. The van der Waals surface area contributed by atoms with Gasteiger partial charge in [0.25, 0.3) is 5.56 Å². The Hall–Kier alpha value is -3.03. The predicted octanol–water partition coefficient (Wildman–Crippen LogP) is 4.93. The van der Waals surface area contributed by atoms with Gasteiger partial charge in [0, 0.05) is 41.0 Å². The van der Waals surface area contributed by atoms with Gasteiger partial charge in [-0.25, -0.2) is 4.39 Å². The molecule has 32 heavy (non-hydrogen) atoms. The van der Waals surface area contributed by atoms with Crippen molar-refractivity contribution in [3.63, 3.8) is 0 Å². The molecule has 1 aromatic carbocycles. The second-order valence-electron chi connectivity index (χ2n) is 8.33. The highest BCUT2D eigenvalue weighted by Crippen LogP contribution is 2.36. The molecule has 0 unspecified atom stereocenters. The van der Waals surface area contributed by atoms with E-state index in [0.29, 0.717) is 17.5 Å². The standard InChI is InChI=1S/C25H24FN3O2S/c1-16(2)28-9-8-22-21-6-5-19(11-23(21)32-24(22)14-28)29-10-7-20(12-25(29)30)31-15-18-4-3-17(26)13-27-18/h3-7,10-13,16H,8-9,14-15H2,1-2H3. The van der Waals surface area contributed by atoms with Crippen molar-refractivity contribution in [1.29, 1.82) is 0 Å². The van der Waals surface area contributed by atoms with Crippen LogP contribution in [-0.4, -0.2) is 27.0 Å². The molecule has 5 rings (SSSR count). The number of aromatic nitrogens is 2. The van der Waals surface area contributed by atoms with Crippen molar-refractivity contribution in [2.75, 3.05) is 6.54 Å². The lowest BCUT2D eigenvalue weighted by molar-refractivity contribution is 0.206. The zero-order chi connectivity index (χ0) is 22.2. The van der Waals surface area contributed by atoms with Crippen molar-refractivity contribution in [1.82, 2.24) is 14.5 Å². The lowest BCUT2D eigenvalue weighted by Gasteiger charge is -2.30. The summed E-state index contributed by atoms with van der Waals surface area (Å²) in [6.07, 6.45) is 3.95. The second-order valence-corrected chi connectivity index (χ2v) is 9.46. The third kappa shape index (κ3) is 4.06. The molecule has 5 nitrogen and oxygen atoms in total. The fourth-order valence-corrected chi connectivity index (χ4v) is 5.43. The Labute approximate surface area is 189 Å². The summed E-state index contributed by atoms with van der Waals surface area (Å²) in [7, 11) is 0. The first-order valence-electron chi connectivity index (χ1n) is 10.7. The van der Waals surface area contributed by atoms with E-state index in [4.69, 9.17) is 4.74 Å². The highest BCUT2D eigenvalue weighted by molar-refractivity contribution is 7.19. The second kappa shape index (κ2) is 8.48. The number of hydrogen-bond acceptors (Lipinski definition) is 5. The lowest BCUT2D eigenvalue weighted by Crippen LogP contribution is -2.35. The van der Waals surface area contributed by atoms with Crippen molar-refractivity contribution >= 4 is 21.4 Å². The van der Waals surface area contributed by atoms with E-state index in [9.17, 15) is 9.18 Å². The number of benzene rings is 1. The number of rotatable bonds is 5. The summed E-state index contributed by atoms with van der Waals surface area (Å²) in [4.78, 5) is 20.7. The molecular formula is C25H24FN3O2S. The summed E-state index contributed by atoms with van der Waals surface area (Å²) in [5.74, 6) is 0.0657. The molecule has 0 amide bonds. The van der Waals surface area contributed by atoms with Gasteiger partial charge in [-0.3, -0.25) is 19.2 Å². The number of pyridine rings is 2. The number of thiophene rings is 1. The molecule has 0 fully saturated rings. The van der Waals surface area contributed by atoms with Crippen LogP contribution in [0, 0.1) is 5.82 Å². The van der Waals surface area contributed by atoms with Gasteiger partial charge in [-0.05, 0) is 61.5 Å². The van der Waals surface area contributed by atoms with Gasteiger partial charge in [0.2, 0.25) is 0 Å². The minimum atomic E-state index is -0.392. The van der Waals surface area contributed by atoms with E-state index in [0.717, 1.165) is 31.4 Å². The zero-order valence-corrected chi connectivity index (χ0v) is 18.9. The summed E-state index contributed by atoms with van der Waals surface area (Å²) in [5.41, 5.74) is 2.73. The van der Waals surface area contributed by atoms with Crippen molar-refractivity contribution in [2.45, 2.75) is 39.5 Å². The van der Waals surface area contributed by atoms with Gasteiger partial charge in [0.1, 0.15) is 18.2 Å². The van der Waals surface area contributed by atoms with Crippen molar-refractivity contribution in [3.8, 4) is 11.4 Å². The largest absolute Gasteiger partial charge is 0.487 e. The molecule has 4 heterocycles. The van der Waals surface area contributed by atoms with Gasteiger partial charge in [-0.1, -0.05) is 6.07 Å². The maximum atomic E-state index is 13.0. The van der Waals surface area contributed by atoms with Crippen LogP contribution in [0.2, 0.25) is 0 Å². The maximum Gasteiger partial charge on any atom is 0.258 e. The molecule has 0 spiro atoms. The number of halogens is 1. The van der Waals surface area contributed by atoms with Crippen LogP contribution in [0.5, 0.6) is 5.75 Å². The van der Waals surface area contributed by atoms with Gasteiger partial charge in [-0.2, -0.15) is 0 Å². The van der Waals surface area contributed by atoms with Crippen LogP contribution >= 0.6 is 11.3 Å². The minimum Gasteiger partial charge on any atom is -0.487 e. The van der Waals surface area contributed by atoms with E-state index >= 15 is 0 Å². The van der Waals surface area contributed by atoms with Gasteiger partial charge < -0.3 is 4.74 Å². The normalized spacial score (nSPS) is 14.1. The van der Waals surface area contributed by atoms with Crippen LogP contribution in [-0.2, 0) is 19.6 Å². The first kappa shape index (κ1) is 20.8. The molecule has 0 bridgehead atoms. The molecular weight excluding hydrogens is 425 g/mol. The van der Waals surface area contributed by atoms with Crippen LogP contribution < -0.4 is 10.3 Å². The Kier molecular flexibility index (Phi) is 5.53. The molecule has 0 saturated carbocycles. The molecule has 0 radical (unpaired) electrons. The van der Waals surface area contributed by atoms with Gasteiger partial charge in [-0.15, -0.1) is 11.3 Å². The van der Waals surface area contributed by atoms with Crippen molar-refractivity contribution in [3.05, 3.63) is 87.2 Å². The highest BCUT2D eigenvalue weighted by atomic mass is 32.1. The molecule has 0 saturated heterocycles. The Morgan fingerprint density at radius 3 is 2.81 bits per heavy atom. The fraction of sp³-hybridized carbons (Fsp3) is 0.280. The smallest absolute Gasteiger partial charge is 0.258 e. The maximum absolute atomic E-state index is 13.0. The summed E-state index contributed by atoms with van der Waals surface area (Å²) < 4.78 is 21.5. The molecule has 0 N–H and O–H groups in total. The first-order valence-corrected chi connectivity index (χ1v) is 11.5. The van der Waals surface area contributed by atoms with Crippen molar-refractivity contribution in [2.24, 2.45) is 0 Å². The van der Waals surface area contributed by atoms with E-state index < -0.39 is 5.82 Å². The molecule has 0 atom stereocenters. The predicted molar refractivity (Wildman–Crippen MR) is 125 cm³/mol. The van der Waals surface area contributed by atoms with Gasteiger partial charge >= 0.3 is 0 Å². The Morgan fingerprint density at radius 2 is 2.06 bits per heavy atom. The molecule has 1 aliphatic rings. The third-order valence-corrected chi connectivity index (χ3v) is 7.11. The first-order chi connectivity index (χ1) is 15.5. The summed E-state index contributed by atoms with van der Waals surface area (Å²) >= 11 is 1.83. The van der Waals surface area contributed by atoms with Crippen LogP contribution in [0.25, 0.3) is 15.8 Å². The summed E-state index contributed by atoms with van der Waals surface area (Å²) in [6, 6.07) is 12.9.